The highest BCUT2D eigenvalue weighted by atomic mass is 16.2. The van der Waals surface area contributed by atoms with Crippen LogP contribution in [0.3, 0.4) is 0 Å². The molecule has 0 amide bonds. The predicted octanol–water partition coefficient (Wildman–Crippen LogP) is 0.418. The molecule has 0 aliphatic heterocycles. The minimum Gasteiger partial charge on any atom is -0.355 e. The number of fused-ring (bicyclic) bond motifs is 1. The summed E-state index contributed by atoms with van der Waals surface area (Å²) in [5, 5.41) is 3.15. The zero-order valence-corrected chi connectivity index (χ0v) is 11.6. The normalized spacial score (nSPS) is 12.8. The molecule has 0 aromatic carbocycles. The molecule has 2 heterocycles. The lowest BCUT2D eigenvalue weighted by molar-refractivity contribution is 0.591. The van der Waals surface area contributed by atoms with Gasteiger partial charge in [0.05, 0.1) is 0 Å². The van der Waals surface area contributed by atoms with E-state index >= 15 is 0 Å². The number of hydrogen-bond acceptors (Lipinski definition) is 4. The van der Waals surface area contributed by atoms with Crippen molar-refractivity contribution in [3.63, 3.8) is 0 Å². The fraction of sp³-hybridized carbons (Fsp3) is 0.583. The van der Waals surface area contributed by atoms with Crippen LogP contribution in [0.1, 0.15) is 20.3 Å². The lowest BCUT2D eigenvalue weighted by atomic mass is 10.1. The van der Waals surface area contributed by atoms with Gasteiger partial charge < -0.3 is 10.3 Å². The Bertz CT molecular complexity index is 709. The van der Waals surface area contributed by atoms with E-state index in [0.717, 1.165) is 17.5 Å². The van der Waals surface area contributed by atoms with E-state index < -0.39 is 0 Å². The number of aromatic nitrogens is 4. The molecule has 2 aromatic rings. The topological polar surface area (TPSA) is 84.7 Å². The summed E-state index contributed by atoms with van der Waals surface area (Å²) in [4.78, 5) is 30.9. The molecule has 1 atom stereocenters. The van der Waals surface area contributed by atoms with Crippen LogP contribution in [0.4, 0.5) is 5.95 Å². The number of nitrogens with one attached hydrogen (secondary N) is 2. The first-order chi connectivity index (χ1) is 8.95. The molecule has 7 nitrogen and oxygen atoms in total. The fourth-order valence-corrected chi connectivity index (χ4v) is 1.83. The van der Waals surface area contributed by atoms with Crippen LogP contribution in [0.25, 0.3) is 11.2 Å². The number of rotatable bonds is 4. The predicted molar refractivity (Wildman–Crippen MR) is 74.5 cm³/mol. The first-order valence-electron chi connectivity index (χ1n) is 6.35. The highest BCUT2D eigenvalue weighted by Gasteiger charge is 2.13. The van der Waals surface area contributed by atoms with Crippen molar-refractivity contribution in [3.8, 4) is 0 Å². The third-order valence-corrected chi connectivity index (χ3v) is 3.41. The molecule has 2 N–H and O–H groups in total. The Morgan fingerprint density at radius 3 is 2.63 bits per heavy atom. The van der Waals surface area contributed by atoms with E-state index in [1.54, 1.807) is 7.05 Å². The Morgan fingerprint density at radius 2 is 2.00 bits per heavy atom. The van der Waals surface area contributed by atoms with Crippen molar-refractivity contribution in [2.45, 2.75) is 20.3 Å². The van der Waals surface area contributed by atoms with Gasteiger partial charge in [-0.05, 0) is 5.92 Å². The molecule has 19 heavy (non-hydrogen) atoms. The number of nitrogens with zero attached hydrogens (tertiary/aromatic N) is 3. The van der Waals surface area contributed by atoms with Crippen molar-refractivity contribution in [2.24, 2.45) is 20.0 Å². The first-order valence-corrected chi connectivity index (χ1v) is 6.35. The second-order valence-corrected chi connectivity index (χ2v) is 4.88. The molecule has 0 aliphatic carbocycles. The van der Waals surface area contributed by atoms with Crippen molar-refractivity contribution in [2.75, 3.05) is 11.9 Å². The summed E-state index contributed by atoms with van der Waals surface area (Å²) in [5.74, 6) is 1.04. The van der Waals surface area contributed by atoms with E-state index in [1.165, 1.54) is 11.6 Å². The molecule has 7 heteroatoms. The lowest BCUT2D eigenvalue weighted by Crippen LogP contribution is -2.36. The maximum absolute atomic E-state index is 12.0. The summed E-state index contributed by atoms with van der Waals surface area (Å²) in [6.07, 6.45) is 1.06. The van der Waals surface area contributed by atoms with E-state index in [9.17, 15) is 9.59 Å². The monoisotopic (exact) mass is 265 g/mol. The van der Waals surface area contributed by atoms with E-state index in [2.05, 4.69) is 29.1 Å². The van der Waals surface area contributed by atoms with Gasteiger partial charge in [-0.1, -0.05) is 20.3 Å². The molecule has 0 spiro atoms. The maximum atomic E-state index is 12.0. The van der Waals surface area contributed by atoms with Crippen molar-refractivity contribution in [1.82, 2.24) is 19.1 Å². The lowest BCUT2D eigenvalue weighted by Gasteiger charge is -2.08. The highest BCUT2D eigenvalue weighted by molar-refractivity contribution is 5.72. The van der Waals surface area contributed by atoms with E-state index in [1.807, 2.05) is 0 Å². The Labute approximate surface area is 110 Å². The Hall–Kier alpha value is -2.05. The highest BCUT2D eigenvalue weighted by Crippen LogP contribution is 2.09. The summed E-state index contributed by atoms with van der Waals surface area (Å²) in [7, 11) is 3.06. The van der Waals surface area contributed by atoms with Gasteiger partial charge in [-0.3, -0.25) is 13.9 Å². The number of imidazole rings is 1. The molecule has 0 saturated carbocycles. The first kappa shape index (κ1) is 13.4. The van der Waals surface area contributed by atoms with Crippen molar-refractivity contribution >= 4 is 17.1 Å². The summed E-state index contributed by atoms with van der Waals surface area (Å²) in [5.41, 5.74) is -0.0179. The van der Waals surface area contributed by atoms with Crippen LogP contribution < -0.4 is 16.6 Å². The zero-order chi connectivity index (χ0) is 14.2. The third-order valence-electron chi connectivity index (χ3n) is 3.41. The van der Waals surface area contributed by atoms with Gasteiger partial charge in [0, 0.05) is 20.6 Å². The van der Waals surface area contributed by atoms with Gasteiger partial charge in [0.2, 0.25) is 5.95 Å². The molecular formula is C12H19N5O2. The minimum atomic E-state index is -0.377. The zero-order valence-electron chi connectivity index (χ0n) is 11.6. The maximum Gasteiger partial charge on any atom is 0.332 e. The fourth-order valence-electron chi connectivity index (χ4n) is 1.83. The van der Waals surface area contributed by atoms with Gasteiger partial charge in [-0.2, -0.15) is 4.98 Å². The quantitative estimate of drug-likeness (QED) is 0.839. The number of aryl methyl sites for hydroxylation is 1. The molecule has 0 fully saturated rings. The number of aromatic amines is 1. The van der Waals surface area contributed by atoms with Crippen LogP contribution in [0.5, 0.6) is 0 Å². The Balaban J connectivity index is 2.46. The van der Waals surface area contributed by atoms with Gasteiger partial charge in [-0.15, -0.1) is 0 Å². The van der Waals surface area contributed by atoms with Gasteiger partial charge >= 0.3 is 5.69 Å². The van der Waals surface area contributed by atoms with Gasteiger partial charge in [-0.25, -0.2) is 4.79 Å². The Morgan fingerprint density at radius 1 is 1.32 bits per heavy atom. The second kappa shape index (κ2) is 4.91. The van der Waals surface area contributed by atoms with Gasteiger partial charge in [0.25, 0.3) is 5.56 Å². The smallest absolute Gasteiger partial charge is 0.332 e. The van der Waals surface area contributed by atoms with Gasteiger partial charge in [0.15, 0.2) is 11.2 Å². The van der Waals surface area contributed by atoms with Crippen LogP contribution in [-0.2, 0) is 14.1 Å². The van der Waals surface area contributed by atoms with Crippen LogP contribution in [0.2, 0.25) is 0 Å². The average molecular weight is 265 g/mol. The van der Waals surface area contributed by atoms with E-state index in [0.29, 0.717) is 23.0 Å². The van der Waals surface area contributed by atoms with Crippen LogP contribution in [0.15, 0.2) is 9.59 Å². The molecule has 0 saturated heterocycles. The minimum absolute atomic E-state index is 0.344. The summed E-state index contributed by atoms with van der Waals surface area (Å²) < 4.78 is 2.43. The van der Waals surface area contributed by atoms with Crippen molar-refractivity contribution < 1.29 is 0 Å². The molecule has 0 radical (unpaired) electrons. The van der Waals surface area contributed by atoms with Gasteiger partial charge in [0.1, 0.15) is 0 Å². The number of hydrogen-bond donors (Lipinski definition) is 2. The number of H-pyrrole nitrogens is 1. The van der Waals surface area contributed by atoms with Crippen LogP contribution in [-0.4, -0.2) is 25.6 Å². The van der Waals surface area contributed by atoms with Crippen molar-refractivity contribution in [1.29, 1.82) is 0 Å². The van der Waals surface area contributed by atoms with E-state index in [-0.39, 0.29) is 11.2 Å². The SMILES string of the molecule is CCC(C)CNc1nc2c([nH]1)c(=O)n(C)c(=O)n2C. The van der Waals surface area contributed by atoms with Crippen LogP contribution >= 0.6 is 0 Å². The summed E-state index contributed by atoms with van der Waals surface area (Å²) in [6, 6.07) is 0. The van der Waals surface area contributed by atoms with Crippen LogP contribution in [0, 0.1) is 5.92 Å². The standard InChI is InChI=1S/C12H19N5O2/c1-5-7(2)6-13-11-14-8-9(15-11)16(3)12(19)17(4)10(8)18/h7H,5-6H2,1-4H3,(H2,13,14,15). The molecule has 0 aliphatic rings. The molecule has 2 aromatic heterocycles. The summed E-state index contributed by atoms with van der Waals surface area (Å²) in [6.45, 7) is 5.01. The molecule has 104 valence electrons. The summed E-state index contributed by atoms with van der Waals surface area (Å²) >= 11 is 0. The molecule has 2 rings (SSSR count). The molecule has 1 unspecified atom stereocenters. The number of anilines is 1. The average Bonchev–Trinajstić information content (AvgIpc) is 2.84. The largest absolute Gasteiger partial charge is 0.355 e. The molecular weight excluding hydrogens is 246 g/mol. The van der Waals surface area contributed by atoms with E-state index in [4.69, 9.17) is 0 Å². The third kappa shape index (κ3) is 2.27. The molecule has 0 bridgehead atoms. The van der Waals surface area contributed by atoms with Crippen molar-refractivity contribution in [3.05, 3.63) is 20.8 Å². The second-order valence-electron chi connectivity index (χ2n) is 4.88. The Kier molecular flexibility index (Phi) is 3.46.